The molecule has 6 nitrogen and oxygen atoms in total. The first-order chi connectivity index (χ1) is 9.01. The normalized spacial score (nSPS) is 24.2. The van der Waals surface area contributed by atoms with Crippen LogP contribution in [0.1, 0.15) is 26.7 Å². The molecule has 1 aliphatic heterocycles. The highest BCUT2D eigenvalue weighted by Crippen LogP contribution is 2.22. The van der Waals surface area contributed by atoms with E-state index in [9.17, 15) is 14.7 Å². The molecule has 1 heterocycles. The van der Waals surface area contributed by atoms with Crippen LogP contribution in [0.4, 0.5) is 0 Å². The van der Waals surface area contributed by atoms with Crippen LogP contribution in [-0.2, 0) is 14.3 Å². The molecule has 1 amide bonds. The van der Waals surface area contributed by atoms with Crippen molar-refractivity contribution in [3.8, 4) is 0 Å². The number of amides is 1. The zero-order valence-electron chi connectivity index (χ0n) is 11.7. The zero-order valence-corrected chi connectivity index (χ0v) is 11.7. The number of rotatable bonds is 7. The first-order valence-corrected chi connectivity index (χ1v) is 6.81. The molecule has 6 heteroatoms. The number of ether oxygens (including phenoxy) is 1. The summed E-state index contributed by atoms with van der Waals surface area (Å²) in [6.07, 6.45) is 1.16. The van der Waals surface area contributed by atoms with E-state index in [2.05, 4.69) is 0 Å². The Kier molecular flexibility index (Phi) is 6.24. The van der Waals surface area contributed by atoms with Crippen LogP contribution in [0.5, 0.6) is 0 Å². The van der Waals surface area contributed by atoms with Crippen LogP contribution in [-0.4, -0.2) is 54.2 Å². The molecule has 0 aromatic carbocycles. The molecule has 0 aromatic rings. The van der Waals surface area contributed by atoms with Crippen LogP contribution in [0.3, 0.4) is 0 Å². The fourth-order valence-corrected chi connectivity index (χ4v) is 2.30. The van der Waals surface area contributed by atoms with E-state index >= 15 is 0 Å². The van der Waals surface area contributed by atoms with E-state index < -0.39 is 11.9 Å². The number of carbonyl (C=O) groups excluding carboxylic acids is 1. The summed E-state index contributed by atoms with van der Waals surface area (Å²) in [6.45, 7) is 5.39. The predicted molar refractivity (Wildman–Crippen MR) is 70.6 cm³/mol. The van der Waals surface area contributed by atoms with E-state index in [4.69, 9.17) is 10.5 Å². The number of hydrogen-bond donors (Lipinski definition) is 2. The Morgan fingerprint density at radius 2 is 2.16 bits per heavy atom. The first-order valence-electron chi connectivity index (χ1n) is 6.81. The second-order valence-corrected chi connectivity index (χ2v) is 5.18. The number of nitrogens with two attached hydrogens (primary N) is 1. The van der Waals surface area contributed by atoms with E-state index in [0.29, 0.717) is 26.1 Å². The summed E-state index contributed by atoms with van der Waals surface area (Å²) in [4.78, 5) is 25.1. The van der Waals surface area contributed by atoms with Gasteiger partial charge in [0.1, 0.15) is 5.92 Å². The smallest absolute Gasteiger partial charge is 0.311 e. The first kappa shape index (κ1) is 15.9. The quantitative estimate of drug-likeness (QED) is 0.695. The van der Waals surface area contributed by atoms with Crippen molar-refractivity contribution >= 4 is 11.9 Å². The highest BCUT2D eigenvalue weighted by Gasteiger charge is 2.39. The summed E-state index contributed by atoms with van der Waals surface area (Å²) in [5.41, 5.74) is 5.53. The molecular weight excluding hydrogens is 248 g/mol. The van der Waals surface area contributed by atoms with E-state index in [-0.39, 0.29) is 24.5 Å². The van der Waals surface area contributed by atoms with E-state index in [0.717, 1.165) is 6.42 Å². The summed E-state index contributed by atoms with van der Waals surface area (Å²) in [7, 11) is 0. The van der Waals surface area contributed by atoms with Crippen molar-refractivity contribution in [3.05, 3.63) is 0 Å². The lowest BCUT2D eigenvalue weighted by molar-refractivity contribution is -0.145. The number of carboxylic acids is 1. The third kappa shape index (κ3) is 4.18. The Hall–Kier alpha value is -1.14. The van der Waals surface area contributed by atoms with Gasteiger partial charge in [-0.2, -0.15) is 0 Å². The monoisotopic (exact) mass is 272 g/mol. The second-order valence-electron chi connectivity index (χ2n) is 5.18. The Bertz CT molecular complexity index is 322. The van der Waals surface area contributed by atoms with Gasteiger partial charge < -0.3 is 20.5 Å². The van der Waals surface area contributed by atoms with Gasteiger partial charge >= 0.3 is 5.97 Å². The number of carbonyl (C=O) groups is 2. The van der Waals surface area contributed by atoms with E-state index in [1.54, 1.807) is 4.90 Å². The lowest BCUT2D eigenvalue weighted by Crippen LogP contribution is -2.47. The average molecular weight is 272 g/mol. The molecule has 0 radical (unpaired) electrons. The molecule has 3 N–H and O–H groups in total. The van der Waals surface area contributed by atoms with Crippen molar-refractivity contribution in [1.82, 2.24) is 4.90 Å². The summed E-state index contributed by atoms with van der Waals surface area (Å²) in [6, 6.07) is -0.352. The number of carboxylic acid groups (broad SMARTS) is 1. The van der Waals surface area contributed by atoms with E-state index in [1.807, 2.05) is 13.8 Å². The highest BCUT2D eigenvalue weighted by atomic mass is 16.5. The average Bonchev–Trinajstić information content (AvgIpc) is 2.84. The van der Waals surface area contributed by atoms with Gasteiger partial charge in [-0.05, 0) is 18.9 Å². The van der Waals surface area contributed by atoms with Gasteiger partial charge in [0.15, 0.2) is 0 Å². The largest absolute Gasteiger partial charge is 0.481 e. The van der Waals surface area contributed by atoms with Crippen molar-refractivity contribution in [2.24, 2.45) is 17.6 Å². The minimum atomic E-state index is -0.900. The van der Waals surface area contributed by atoms with Gasteiger partial charge in [0.25, 0.3) is 0 Å². The van der Waals surface area contributed by atoms with Crippen molar-refractivity contribution in [2.45, 2.75) is 32.7 Å². The lowest BCUT2D eigenvalue weighted by atomic mass is 10.00. The molecule has 0 spiro atoms. The van der Waals surface area contributed by atoms with Gasteiger partial charge in [0.2, 0.25) is 5.91 Å². The molecule has 3 atom stereocenters. The Morgan fingerprint density at radius 3 is 2.68 bits per heavy atom. The Labute approximate surface area is 113 Å². The van der Waals surface area contributed by atoms with Crippen LogP contribution in [0.15, 0.2) is 0 Å². The van der Waals surface area contributed by atoms with Gasteiger partial charge in [0, 0.05) is 13.0 Å². The van der Waals surface area contributed by atoms with Gasteiger partial charge in [-0.25, -0.2) is 0 Å². The molecule has 19 heavy (non-hydrogen) atoms. The standard InChI is InChI=1S/C13H24N2O4/c1-3-4-15(12(16)5-9(2)6-14)11-8-19-7-10(11)13(17)18/h9-11H,3-8,14H2,1-2H3,(H,17,18). The summed E-state index contributed by atoms with van der Waals surface area (Å²) in [5.74, 6) is -1.44. The minimum Gasteiger partial charge on any atom is -0.481 e. The van der Waals surface area contributed by atoms with Crippen molar-refractivity contribution < 1.29 is 19.4 Å². The summed E-state index contributed by atoms with van der Waals surface area (Å²) in [5, 5.41) is 9.17. The Balaban J connectivity index is 2.75. The maximum atomic E-state index is 12.3. The van der Waals surface area contributed by atoms with Crippen molar-refractivity contribution in [1.29, 1.82) is 0 Å². The molecule has 110 valence electrons. The number of aliphatic carboxylic acids is 1. The molecule has 1 aliphatic rings. The summed E-state index contributed by atoms with van der Waals surface area (Å²) >= 11 is 0. The third-order valence-corrected chi connectivity index (χ3v) is 3.48. The fraction of sp³-hybridized carbons (Fsp3) is 0.846. The molecule has 1 fully saturated rings. The van der Waals surface area contributed by atoms with Crippen LogP contribution in [0.25, 0.3) is 0 Å². The lowest BCUT2D eigenvalue weighted by Gasteiger charge is -2.31. The highest BCUT2D eigenvalue weighted by molar-refractivity contribution is 5.78. The van der Waals surface area contributed by atoms with Crippen LogP contribution in [0, 0.1) is 11.8 Å². The molecule has 0 bridgehead atoms. The number of hydrogen-bond acceptors (Lipinski definition) is 4. The molecule has 1 rings (SSSR count). The molecule has 1 saturated heterocycles. The molecule has 0 aromatic heterocycles. The van der Waals surface area contributed by atoms with Crippen LogP contribution >= 0.6 is 0 Å². The molecular formula is C13H24N2O4. The zero-order chi connectivity index (χ0) is 14.4. The van der Waals surface area contributed by atoms with Gasteiger partial charge in [-0.1, -0.05) is 13.8 Å². The maximum Gasteiger partial charge on any atom is 0.311 e. The van der Waals surface area contributed by atoms with E-state index in [1.165, 1.54) is 0 Å². The van der Waals surface area contributed by atoms with Gasteiger partial charge in [0.05, 0.1) is 19.3 Å². The minimum absolute atomic E-state index is 0.0263. The number of nitrogens with zero attached hydrogens (tertiary/aromatic N) is 1. The van der Waals surface area contributed by atoms with Gasteiger partial charge in [-0.3, -0.25) is 9.59 Å². The van der Waals surface area contributed by atoms with Crippen molar-refractivity contribution in [2.75, 3.05) is 26.3 Å². The fourth-order valence-electron chi connectivity index (χ4n) is 2.30. The third-order valence-electron chi connectivity index (χ3n) is 3.48. The predicted octanol–water partition coefficient (Wildman–Crippen LogP) is 0.310. The Morgan fingerprint density at radius 1 is 1.47 bits per heavy atom. The molecule has 0 aliphatic carbocycles. The summed E-state index contributed by atoms with van der Waals surface area (Å²) < 4.78 is 5.24. The maximum absolute atomic E-state index is 12.3. The van der Waals surface area contributed by atoms with Crippen LogP contribution in [0.2, 0.25) is 0 Å². The SMILES string of the molecule is CCCN(C(=O)CC(C)CN)C1COCC1C(=O)O. The molecule has 3 unspecified atom stereocenters. The van der Waals surface area contributed by atoms with Crippen LogP contribution < -0.4 is 5.73 Å². The van der Waals surface area contributed by atoms with Crippen molar-refractivity contribution in [3.63, 3.8) is 0 Å². The van der Waals surface area contributed by atoms with Gasteiger partial charge in [-0.15, -0.1) is 0 Å². The second kappa shape index (κ2) is 7.45. The molecule has 0 saturated carbocycles. The topological polar surface area (TPSA) is 92.9 Å².